The molecule has 1 saturated carbocycles. The van der Waals surface area contributed by atoms with Crippen LogP contribution in [0, 0.1) is 5.92 Å². The summed E-state index contributed by atoms with van der Waals surface area (Å²) in [6, 6.07) is 10.1. The minimum Gasteiger partial charge on any atom is -0.390 e. The number of benzene rings is 1. The van der Waals surface area contributed by atoms with Gasteiger partial charge in [-0.05, 0) is 24.4 Å². The van der Waals surface area contributed by atoms with Gasteiger partial charge in [0.05, 0.1) is 12.2 Å². The Morgan fingerprint density at radius 1 is 1.22 bits per heavy atom. The van der Waals surface area contributed by atoms with Crippen molar-refractivity contribution in [2.24, 2.45) is 5.92 Å². The number of aliphatic hydroxyl groups excluding tert-OH is 2. The molecule has 1 fully saturated rings. The Hall–Kier alpha value is -0.900. The third kappa shape index (κ3) is 2.91. The van der Waals surface area contributed by atoms with Gasteiger partial charge in [-0.15, -0.1) is 0 Å². The van der Waals surface area contributed by atoms with E-state index in [1.807, 2.05) is 18.2 Å². The van der Waals surface area contributed by atoms with Gasteiger partial charge in [0.1, 0.15) is 0 Å². The van der Waals surface area contributed by atoms with Gasteiger partial charge in [0.15, 0.2) is 0 Å². The first-order valence-corrected chi connectivity index (χ1v) is 6.74. The van der Waals surface area contributed by atoms with E-state index in [0.717, 1.165) is 6.54 Å². The van der Waals surface area contributed by atoms with Crippen LogP contribution in [0.15, 0.2) is 30.3 Å². The molecule has 0 heterocycles. The highest BCUT2D eigenvalue weighted by Crippen LogP contribution is 2.35. The van der Waals surface area contributed by atoms with E-state index in [-0.39, 0.29) is 12.0 Å². The zero-order valence-corrected chi connectivity index (χ0v) is 11.1. The van der Waals surface area contributed by atoms with Crippen LogP contribution in [0.25, 0.3) is 0 Å². The summed E-state index contributed by atoms with van der Waals surface area (Å²) in [5.74, 6) is 0.723. The number of hydrogen-bond acceptors (Lipinski definition) is 3. The van der Waals surface area contributed by atoms with Gasteiger partial charge in [-0.3, -0.25) is 0 Å². The topological polar surface area (TPSA) is 52.5 Å². The average molecular weight is 249 g/mol. The predicted molar refractivity (Wildman–Crippen MR) is 72.4 cm³/mol. The van der Waals surface area contributed by atoms with Crippen LogP contribution in [-0.4, -0.2) is 35.0 Å². The lowest BCUT2D eigenvalue weighted by atomic mass is 9.93. The quantitative estimate of drug-likeness (QED) is 0.758. The largest absolute Gasteiger partial charge is 0.390 e. The molecule has 1 aliphatic rings. The highest BCUT2D eigenvalue weighted by molar-refractivity contribution is 5.24. The van der Waals surface area contributed by atoms with E-state index < -0.39 is 12.2 Å². The number of hydrogen-bond donors (Lipinski definition) is 3. The van der Waals surface area contributed by atoms with Gasteiger partial charge in [0.2, 0.25) is 0 Å². The fourth-order valence-electron chi connectivity index (χ4n) is 2.70. The van der Waals surface area contributed by atoms with Gasteiger partial charge in [-0.2, -0.15) is 0 Å². The van der Waals surface area contributed by atoms with E-state index in [1.165, 1.54) is 5.56 Å². The number of rotatable bonds is 4. The average Bonchev–Trinajstić information content (AvgIpc) is 2.64. The smallest absolute Gasteiger partial charge is 0.0957 e. The molecule has 3 N–H and O–H groups in total. The second-order valence-electron chi connectivity index (χ2n) is 5.64. The van der Waals surface area contributed by atoms with Crippen LogP contribution in [0.2, 0.25) is 0 Å². The SMILES string of the molecule is CC(C)CN[C@H]1[C@H](O)[C@H](O)C[C@@H]1c1ccccc1. The van der Waals surface area contributed by atoms with E-state index in [0.29, 0.717) is 12.3 Å². The summed E-state index contributed by atoms with van der Waals surface area (Å²) in [5.41, 5.74) is 1.19. The van der Waals surface area contributed by atoms with Gasteiger partial charge in [0.25, 0.3) is 0 Å². The summed E-state index contributed by atoms with van der Waals surface area (Å²) in [7, 11) is 0. The molecule has 1 aromatic carbocycles. The van der Waals surface area contributed by atoms with Crippen LogP contribution in [0.1, 0.15) is 31.7 Å². The van der Waals surface area contributed by atoms with Crippen molar-refractivity contribution >= 4 is 0 Å². The molecule has 0 unspecified atom stereocenters. The van der Waals surface area contributed by atoms with Crippen molar-refractivity contribution in [2.75, 3.05) is 6.54 Å². The van der Waals surface area contributed by atoms with E-state index >= 15 is 0 Å². The van der Waals surface area contributed by atoms with Crippen molar-refractivity contribution < 1.29 is 10.2 Å². The highest BCUT2D eigenvalue weighted by atomic mass is 16.3. The Morgan fingerprint density at radius 2 is 1.89 bits per heavy atom. The standard InChI is InChI=1S/C15H23NO2/c1-10(2)9-16-14-12(8-13(17)15(14)18)11-6-4-3-5-7-11/h3-7,10,12-18H,8-9H2,1-2H3/t12-,13-,14-,15-/m1/s1. The lowest BCUT2D eigenvalue weighted by molar-refractivity contribution is 0.0296. The van der Waals surface area contributed by atoms with Crippen molar-refractivity contribution in [1.29, 1.82) is 0 Å². The van der Waals surface area contributed by atoms with Crippen molar-refractivity contribution in [1.82, 2.24) is 5.32 Å². The Balaban J connectivity index is 2.12. The molecule has 4 atom stereocenters. The van der Waals surface area contributed by atoms with E-state index in [9.17, 15) is 10.2 Å². The van der Waals surface area contributed by atoms with Crippen molar-refractivity contribution in [3.63, 3.8) is 0 Å². The summed E-state index contributed by atoms with van der Waals surface area (Å²) in [4.78, 5) is 0. The first-order valence-electron chi connectivity index (χ1n) is 6.74. The van der Waals surface area contributed by atoms with Crippen LogP contribution in [0.5, 0.6) is 0 Å². The number of aliphatic hydroxyl groups is 2. The fourth-order valence-corrected chi connectivity index (χ4v) is 2.70. The molecule has 2 rings (SSSR count). The van der Waals surface area contributed by atoms with Crippen molar-refractivity contribution in [2.45, 2.75) is 44.4 Å². The van der Waals surface area contributed by atoms with Crippen LogP contribution < -0.4 is 5.32 Å². The lowest BCUT2D eigenvalue weighted by Gasteiger charge is -2.24. The molecule has 0 spiro atoms. The van der Waals surface area contributed by atoms with Gasteiger partial charge < -0.3 is 15.5 Å². The van der Waals surface area contributed by atoms with Gasteiger partial charge in [0, 0.05) is 12.0 Å². The molecule has 0 bridgehead atoms. The molecule has 0 radical (unpaired) electrons. The van der Waals surface area contributed by atoms with E-state index in [4.69, 9.17) is 0 Å². The molecular formula is C15H23NO2. The van der Waals surface area contributed by atoms with Gasteiger partial charge >= 0.3 is 0 Å². The zero-order valence-electron chi connectivity index (χ0n) is 11.1. The molecule has 0 amide bonds. The second kappa shape index (κ2) is 5.83. The van der Waals surface area contributed by atoms with E-state index in [1.54, 1.807) is 0 Å². The first kappa shape index (κ1) is 13.5. The fraction of sp³-hybridized carbons (Fsp3) is 0.600. The molecule has 1 aromatic rings. The van der Waals surface area contributed by atoms with E-state index in [2.05, 4.69) is 31.3 Å². The minimum atomic E-state index is -0.672. The highest BCUT2D eigenvalue weighted by Gasteiger charge is 2.41. The summed E-state index contributed by atoms with van der Waals surface area (Å²) in [5, 5.41) is 23.4. The second-order valence-corrected chi connectivity index (χ2v) is 5.64. The van der Waals surface area contributed by atoms with Crippen LogP contribution in [0.4, 0.5) is 0 Å². The van der Waals surface area contributed by atoms with Crippen LogP contribution in [0.3, 0.4) is 0 Å². The zero-order chi connectivity index (χ0) is 13.1. The molecule has 0 aliphatic heterocycles. The Labute approximate surface area is 109 Å². The number of nitrogens with one attached hydrogen (secondary N) is 1. The maximum atomic E-state index is 10.1. The maximum Gasteiger partial charge on any atom is 0.0957 e. The third-order valence-corrected chi connectivity index (χ3v) is 3.68. The lowest BCUT2D eigenvalue weighted by Crippen LogP contribution is -2.43. The summed E-state index contributed by atoms with van der Waals surface area (Å²) < 4.78 is 0. The molecule has 1 aliphatic carbocycles. The monoisotopic (exact) mass is 249 g/mol. The molecule has 100 valence electrons. The molecule has 0 aromatic heterocycles. The molecule has 3 nitrogen and oxygen atoms in total. The third-order valence-electron chi connectivity index (χ3n) is 3.68. The first-order chi connectivity index (χ1) is 8.59. The summed E-state index contributed by atoms with van der Waals surface area (Å²) >= 11 is 0. The predicted octanol–water partition coefficient (Wildman–Crippen LogP) is 1.51. The Bertz CT molecular complexity index is 366. The Morgan fingerprint density at radius 3 is 2.50 bits per heavy atom. The maximum absolute atomic E-state index is 10.1. The van der Waals surface area contributed by atoms with Crippen LogP contribution in [-0.2, 0) is 0 Å². The minimum absolute atomic E-state index is 0.0511. The van der Waals surface area contributed by atoms with Crippen LogP contribution >= 0.6 is 0 Å². The van der Waals surface area contributed by atoms with Gasteiger partial charge in [-0.1, -0.05) is 44.2 Å². The molecular weight excluding hydrogens is 226 g/mol. The molecule has 0 saturated heterocycles. The Kier molecular flexibility index (Phi) is 4.38. The van der Waals surface area contributed by atoms with Crippen molar-refractivity contribution in [3.8, 4) is 0 Å². The summed E-state index contributed by atoms with van der Waals surface area (Å²) in [6.07, 6.45) is -0.671. The summed E-state index contributed by atoms with van der Waals surface area (Å²) in [6.45, 7) is 5.14. The van der Waals surface area contributed by atoms with Crippen molar-refractivity contribution in [3.05, 3.63) is 35.9 Å². The normalized spacial score (nSPS) is 32.1. The molecule has 18 heavy (non-hydrogen) atoms. The van der Waals surface area contributed by atoms with Gasteiger partial charge in [-0.25, -0.2) is 0 Å². The molecule has 3 heteroatoms.